The molecule has 1 aromatic rings. The Morgan fingerprint density at radius 3 is 2.56 bits per heavy atom. The second-order valence-electron chi connectivity index (χ2n) is 3.86. The number of thioether (sulfide) groups is 1. The number of hydrogen-bond donors (Lipinski definition) is 1. The van der Waals surface area contributed by atoms with Gasteiger partial charge in [0.15, 0.2) is 0 Å². The van der Waals surface area contributed by atoms with Crippen molar-refractivity contribution in [3.63, 3.8) is 0 Å². The number of carbonyl (C=O) groups is 2. The van der Waals surface area contributed by atoms with Crippen molar-refractivity contribution < 1.29 is 14.7 Å². The summed E-state index contributed by atoms with van der Waals surface area (Å²) in [4.78, 5) is 24.8. The second kappa shape index (κ2) is 7.06. The van der Waals surface area contributed by atoms with Crippen LogP contribution in [0.4, 0.5) is 0 Å². The van der Waals surface area contributed by atoms with Gasteiger partial charge in [0.2, 0.25) is 5.91 Å². The van der Waals surface area contributed by atoms with Crippen molar-refractivity contribution in [3.8, 4) is 0 Å². The minimum Gasteiger partial charge on any atom is -0.480 e. The SMILES string of the molecule is CCN(CC(=O)O)C(=O)CSc1ccccc1C. The lowest BCUT2D eigenvalue weighted by molar-refractivity contribution is -0.143. The molecule has 0 saturated carbocycles. The third-order valence-electron chi connectivity index (χ3n) is 2.51. The van der Waals surface area contributed by atoms with Crippen LogP contribution < -0.4 is 0 Å². The average molecular weight is 267 g/mol. The normalized spacial score (nSPS) is 10.1. The van der Waals surface area contributed by atoms with E-state index in [1.54, 1.807) is 6.92 Å². The molecule has 0 atom stereocenters. The topological polar surface area (TPSA) is 57.6 Å². The molecular weight excluding hydrogens is 250 g/mol. The predicted molar refractivity (Wildman–Crippen MR) is 71.8 cm³/mol. The van der Waals surface area contributed by atoms with E-state index in [9.17, 15) is 9.59 Å². The molecule has 1 amide bonds. The van der Waals surface area contributed by atoms with Gasteiger partial charge in [0.05, 0.1) is 5.75 Å². The van der Waals surface area contributed by atoms with E-state index < -0.39 is 5.97 Å². The zero-order valence-corrected chi connectivity index (χ0v) is 11.4. The van der Waals surface area contributed by atoms with Crippen LogP contribution in [-0.2, 0) is 9.59 Å². The molecule has 0 spiro atoms. The number of carbonyl (C=O) groups excluding carboxylic acids is 1. The molecule has 0 fully saturated rings. The van der Waals surface area contributed by atoms with Crippen LogP contribution in [0.5, 0.6) is 0 Å². The number of amides is 1. The Morgan fingerprint density at radius 2 is 2.00 bits per heavy atom. The van der Waals surface area contributed by atoms with Crippen molar-refractivity contribution >= 4 is 23.6 Å². The van der Waals surface area contributed by atoms with Crippen molar-refractivity contribution in [1.82, 2.24) is 4.90 Å². The molecule has 0 aliphatic rings. The van der Waals surface area contributed by atoms with Crippen molar-refractivity contribution in [2.75, 3.05) is 18.8 Å². The van der Waals surface area contributed by atoms with E-state index in [0.717, 1.165) is 10.5 Å². The number of carboxylic acid groups (broad SMARTS) is 1. The van der Waals surface area contributed by atoms with E-state index >= 15 is 0 Å². The highest BCUT2D eigenvalue weighted by molar-refractivity contribution is 8.00. The highest BCUT2D eigenvalue weighted by atomic mass is 32.2. The lowest BCUT2D eigenvalue weighted by Gasteiger charge is -2.18. The number of nitrogens with zero attached hydrogens (tertiary/aromatic N) is 1. The van der Waals surface area contributed by atoms with Gasteiger partial charge in [-0.3, -0.25) is 9.59 Å². The largest absolute Gasteiger partial charge is 0.480 e. The number of carboxylic acids is 1. The van der Waals surface area contributed by atoms with Gasteiger partial charge in [-0.15, -0.1) is 11.8 Å². The van der Waals surface area contributed by atoms with Crippen LogP contribution >= 0.6 is 11.8 Å². The van der Waals surface area contributed by atoms with E-state index in [-0.39, 0.29) is 18.2 Å². The fourth-order valence-electron chi connectivity index (χ4n) is 1.49. The molecule has 18 heavy (non-hydrogen) atoms. The van der Waals surface area contributed by atoms with Crippen LogP contribution in [0.2, 0.25) is 0 Å². The molecule has 0 radical (unpaired) electrons. The zero-order valence-electron chi connectivity index (χ0n) is 10.5. The van der Waals surface area contributed by atoms with Crippen molar-refractivity contribution in [3.05, 3.63) is 29.8 Å². The summed E-state index contributed by atoms with van der Waals surface area (Å²) >= 11 is 1.44. The van der Waals surface area contributed by atoms with Gasteiger partial charge in [0.25, 0.3) is 0 Å². The lowest BCUT2D eigenvalue weighted by atomic mass is 10.2. The Morgan fingerprint density at radius 1 is 1.33 bits per heavy atom. The fourth-order valence-corrected chi connectivity index (χ4v) is 2.42. The van der Waals surface area contributed by atoms with E-state index in [1.807, 2.05) is 31.2 Å². The molecule has 0 saturated heterocycles. The molecular formula is C13H17NO3S. The molecule has 0 aromatic heterocycles. The van der Waals surface area contributed by atoms with Gasteiger partial charge in [-0.05, 0) is 25.5 Å². The van der Waals surface area contributed by atoms with Gasteiger partial charge in [0.1, 0.15) is 6.54 Å². The zero-order chi connectivity index (χ0) is 13.5. The monoisotopic (exact) mass is 267 g/mol. The molecule has 5 heteroatoms. The smallest absolute Gasteiger partial charge is 0.323 e. The summed E-state index contributed by atoms with van der Waals surface area (Å²) in [6.07, 6.45) is 0. The summed E-state index contributed by atoms with van der Waals surface area (Å²) in [6.45, 7) is 3.95. The predicted octanol–water partition coefficient (Wildman–Crippen LogP) is 2.02. The molecule has 0 aliphatic carbocycles. The molecule has 0 bridgehead atoms. The number of aryl methyl sites for hydroxylation is 1. The molecule has 0 heterocycles. The number of aliphatic carboxylic acids is 1. The Labute approximate surface area is 111 Å². The summed E-state index contributed by atoms with van der Waals surface area (Å²) in [6, 6.07) is 7.82. The number of hydrogen-bond acceptors (Lipinski definition) is 3. The van der Waals surface area contributed by atoms with Crippen LogP contribution in [0.1, 0.15) is 12.5 Å². The van der Waals surface area contributed by atoms with Crippen molar-refractivity contribution in [2.45, 2.75) is 18.7 Å². The third kappa shape index (κ3) is 4.41. The number of likely N-dealkylation sites (N-methyl/N-ethyl adjacent to an activating group) is 1. The van der Waals surface area contributed by atoms with Gasteiger partial charge in [-0.2, -0.15) is 0 Å². The summed E-state index contributed by atoms with van der Waals surface area (Å²) in [7, 11) is 0. The summed E-state index contributed by atoms with van der Waals surface area (Å²) in [5.41, 5.74) is 1.12. The first-order chi connectivity index (χ1) is 8.54. The van der Waals surface area contributed by atoms with Crippen LogP contribution in [0.15, 0.2) is 29.2 Å². The second-order valence-corrected chi connectivity index (χ2v) is 4.87. The van der Waals surface area contributed by atoms with Crippen LogP contribution in [0.25, 0.3) is 0 Å². The van der Waals surface area contributed by atoms with E-state index in [2.05, 4.69) is 0 Å². The molecule has 0 unspecified atom stereocenters. The van der Waals surface area contributed by atoms with Gasteiger partial charge in [-0.1, -0.05) is 18.2 Å². The molecule has 4 nitrogen and oxygen atoms in total. The van der Waals surface area contributed by atoms with E-state index in [4.69, 9.17) is 5.11 Å². The quantitative estimate of drug-likeness (QED) is 0.801. The Bertz CT molecular complexity index is 434. The highest BCUT2D eigenvalue weighted by Gasteiger charge is 2.15. The first-order valence-electron chi connectivity index (χ1n) is 5.72. The number of rotatable bonds is 6. The number of benzene rings is 1. The van der Waals surface area contributed by atoms with Gasteiger partial charge >= 0.3 is 5.97 Å². The first-order valence-corrected chi connectivity index (χ1v) is 6.71. The molecule has 1 rings (SSSR count). The summed E-state index contributed by atoms with van der Waals surface area (Å²) in [5, 5.41) is 8.69. The van der Waals surface area contributed by atoms with Gasteiger partial charge in [0, 0.05) is 11.4 Å². The Balaban J connectivity index is 2.54. The molecule has 0 aliphatic heterocycles. The molecule has 1 aromatic carbocycles. The van der Waals surface area contributed by atoms with Crippen LogP contribution in [0.3, 0.4) is 0 Å². The van der Waals surface area contributed by atoms with Crippen LogP contribution in [0, 0.1) is 6.92 Å². The Hall–Kier alpha value is -1.49. The van der Waals surface area contributed by atoms with E-state index in [0.29, 0.717) is 6.54 Å². The van der Waals surface area contributed by atoms with Gasteiger partial charge in [-0.25, -0.2) is 0 Å². The highest BCUT2D eigenvalue weighted by Crippen LogP contribution is 2.21. The maximum absolute atomic E-state index is 11.8. The average Bonchev–Trinajstić information content (AvgIpc) is 2.34. The standard InChI is InChI=1S/C13H17NO3S/c1-3-14(8-13(16)17)12(15)9-18-11-7-5-4-6-10(11)2/h4-7H,3,8-9H2,1-2H3,(H,16,17). The summed E-state index contributed by atoms with van der Waals surface area (Å²) < 4.78 is 0. The third-order valence-corrected chi connectivity index (χ3v) is 3.67. The first kappa shape index (κ1) is 14.6. The lowest BCUT2D eigenvalue weighted by Crippen LogP contribution is -2.36. The summed E-state index contributed by atoms with van der Waals surface area (Å²) in [5.74, 6) is -0.856. The van der Waals surface area contributed by atoms with Gasteiger partial charge < -0.3 is 10.0 Å². The maximum Gasteiger partial charge on any atom is 0.323 e. The maximum atomic E-state index is 11.8. The minimum atomic E-state index is -0.980. The van der Waals surface area contributed by atoms with Crippen LogP contribution in [-0.4, -0.2) is 40.7 Å². The Kier molecular flexibility index (Phi) is 5.71. The van der Waals surface area contributed by atoms with E-state index in [1.165, 1.54) is 16.7 Å². The molecule has 98 valence electrons. The molecule has 1 N–H and O–H groups in total. The fraction of sp³-hybridized carbons (Fsp3) is 0.385. The van der Waals surface area contributed by atoms with Crippen molar-refractivity contribution in [1.29, 1.82) is 0 Å². The minimum absolute atomic E-state index is 0.145. The van der Waals surface area contributed by atoms with Crippen molar-refractivity contribution in [2.24, 2.45) is 0 Å².